The molecule has 0 unspecified atom stereocenters. The van der Waals surface area contributed by atoms with Gasteiger partial charge in [0.15, 0.2) is 0 Å². The van der Waals surface area contributed by atoms with Crippen LogP contribution in [0.1, 0.15) is 5.56 Å². The number of aromatic nitrogens is 1. The van der Waals surface area contributed by atoms with E-state index in [1.807, 2.05) is 12.3 Å². The van der Waals surface area contributed by atoms with Crippen LogP contribution >= 0.6 is 11.6 Å². The van der Waals surface area contributed by atoms with Gasteiger partial charge in [-0.25, -0.2) is 4.98 Å². The lowest BCUT2D eigenvalue weighted by molar-refractivity contribution is -0.914. The summed E-state index contributed by atoms with van der Waals surface area (Å²) in [6, 6.07) is 14.6. The minimum Gasteiger partial charge on any atom is -0.360 e. The molecule has 0 bridgehead atoms. The highest BCUT2D eigenvalue weighted by Gasteiger charge is 2.20. The minimum absolute atomic E-state index is 0.567. The second-order valence-corrected chi connectivity index (χ2v) is 5.63. The van der Waals surface area contributed by atoms with Crippen molar-refractivity contribution in [1.29, 1.82) is 0 Å². The summed E-state index contributed by atoms with van der Waals surface area (Å²) in [5.41, 5.74) is 2.59. The molecule has 1 saturated heterocycles. The molecule has 104 valence electrons. The van der Waals surface area contributed by atoms with Crippen LogP contribution in [-0.2, 0) is 6.54 Å². The van der Waals surface area contributed by atoms with Gasteiger partial charge in [-0.3, -0.25) is 0 Å². The van der Waals surface area contributed by atoms with Gasteiger partial charge in [0.2, 0.25) is 0 Å². The molecule has 2 aromatic rings. The van der Waals surface area contributed by atoms with Crippen LogP contribution in [0.25, 0.3) is 0 Å². The van der Waals surface area contributed by atoms with Gasteiger partial charge in [-0.05, 0) is 24.3 Å². The van der Waals surface area contributed by atoms with Crippen molar-refractivity contribution in [3.63, 3.8) is 0 Å². The monoisotopic (exact) mass is 288 g/mol. The van der Waals surface area contributed by atoms with Gasteiger partial charge in [0.1, 0.15) is 11.7 Å². The Bertz CT molecular complexity index is 533. The fourth-order valence-corrected chi connectivity index (χ4v) is 2.81. The summed E-state index contributed by atoms with van der Waals surface area (Å²) in [4.78, 5) is 8.22. The zero-order valence-electron chi connectivity index (χ0n) is 11.4. The molecule has 1 aliphatic rings. The second-order valence-electron chi connectivity index (χ2n) is 5.24. The molecule has 1 N–H and O–H groups in total. The summed E-state index contributed by atoms with van der Waals surface area (Å²) < 4.78 is 0. The molecular weight excluding hydrogens is 270 g/mol. The topological polar surface area (TPSA) is 20.6 Å². The molecule has 4 heteroatoms. The Morgan fingerprint density at radius 3 is 2.45 bits per heavy atom. The number of benzene rings is 1. The van der Waals surface area contributed by atoms with Crippen LogP contribution in [0.3, 0.4) is 0 Å². The highest BCUT2D eigenvalue weighted by atomic mass is 35.5. The lowest BCUT2D eigenvalue weighted by Gasteiger charge is -2.33. The van der Waals surface area contributed by atoms with Crippen molar-refractivity contribution in [2.45, 2.75) is 6.54 Å². The van der Waals surface area contributed by atoms with Crippen LogP contribution in [0.2, 0.25) is 5.15 Å². The predicted octanol–water partition coefficient (Wildman–Crippen LogP) is 1.64. The minimum atomic E-state index is 0.567. The van der Waals surface area contributed by atoms with Gasteiger partial charge >= 0.3 is 0 Å². The van der Waals surface area contributed by atoms with Gasteiger partial charge in [-0.2, -0.15) is 0 Å². The number of quaternary nitrogens is 1. The Labute approximate surface area is 124 Å². The third kappa shape index (κ3) is 3.30. The van der Waals surface area contributed by atoms with E-state index < -0.39 is 0 Å². The zero-order chi connectivity index (χ0) is 13.8. The fraction of sp³-hybridized carbons (Fsp3) is 0.312. The lowest BCUT2D eigenvalue weighted by Crippen LogP contribution is -3.13. The number of anilines is 1. The Morgan fingerprint density at radius 1 is 1.05 bits per heavy atom. The number of hydrogen-bond acceptors (Lipinski definition) is 2. The maximum Gasteiger partial charge on any atom is 0.129 e. The molecule has 0 aliphatic carbocycles. The summed E-state index contributed by atoms with van der Waals surface area (Å²) in [5, 5.41) is 0.567. The molecular formula is C16H19ClN3+. The van der Waals surface area contributed by atoms with E-state index in [1.165, 1.54) is 11.3 Å². The van der Waals surface area contributed by atoms with E-state index in [0.717, 1.165) is 32.7 Å². The van der Waals surface area contributed by atoms with Crippen LogP contribution in [0.15, 0.2) is 48.7 Å². The molecule has 3 nitrogen and oxygen atoms in total. The standard InChI is InChI=1S/C16H18ClN3/c17-16-7-6-14(12-18-16)13-19-8-10-20(11-9-19)15-4-2-1-3-5-15/h1-7,12H,8-11,13H2/p+1. The second kappa shape index (κ2) is 6.25. The number of pyridine rings is 1. The number of halogens is 1. The maximum absolute atomic E-state index is 5.82. The van der Waals surface area contributed by atoms with Crippen molar-refractivity contribution >= 4 is 17.3 Å². The van der Waals surface area contributed by atoms with Gasteiger partial charge in [-0.1, -0.05) is 29.8 Å². The molecule has 0 atom stereocenters. The molecule has 1 aromatic carbocycles. The van der Waals surface area contributed by atoms with Gasteiger partial charge in [-0.15, -0.1) is 0 Å². The number of piperazine rings is 1. The zero-order valence-corrected chi connectivity index (χ0v) is 12.2. The molecule has 0 saturated carbocycles. The smallest absolute Gasteiger partial charge is 0.129 e. The maximum atomic E-state index is 5.82. The molecule has 1 aromatic heterocycles. The van der Waals surface area contributed by atoms with Crippen molar-refractivity contribution in [2.75, 3.05) is 31.1 Å². The van der Waals surface area contributed by atoms with Gasteiger partial charge in [0, 0.05) is 17.4 Å². The van der Waals surface area contributed by atoms with Crippen molar-refractivity contribution < 1.29 is 4.90 Å². The first-order valence-corrected chi connectivity index (χ1v) is 7.43. The van der Waals surface area contributed by atoms with Crippen LogP contribution in [0.4, 0.5) is 5.69 Å². The summed E-state index contributed by atoms with van der Waals surface area (Å²) >= 11 is 5.82. The number of nitrogens with one attached hydrogen (secondary N) is 1. The number of para-hydroxylation sites is 1. The Morgan fingerprint density at radius 2 is 1.80 bits per heavy atom. The molecule has 1 aliphatic heterocycles. The Balaban J connectivity index is 1.55. The number of hydrogen-bond donors (Lipinski definition) is 1. The van der Waals surface area contributed by atoms with E-state index in [9.17, 15) is 0 Å². The highest BCUT2D eigenvalue weighted by Crippen LogP contribution is 2.12. The fourth-order valence-electron chi connectivity index (χ4n) is 2.70. The van der Waals surface area contributed by atoms with Gasteiger partial charge in [0.05, 0.1) is 26.2 Å². The Hall–Kier alpha value is -1.58. The lowest BCUT2D eigenvalue weighted by atomic mass is 10.2. The molecule has 0 spiro atoms. The third-order valence-corrected chi connectivity index (χ3v) is 4.06. The summed E-state index contributed by atoms with van der Waals surface area (Å²) in [7, 11) is 0. The number of rotatable bonds is 3. The van der Waals surface area contributed by atoms with Crippen LogP contribution < -0.4 is 9.80 Å². The summed E-state index contributed by atoms with van der Waals surface area (Å²) in [5.74, 6) is 0. The van der Waals surface area contributed by atoms with Crippen molar-refractivity contribution in [1.82, 2.24) is 4.98 Å². The average Bonchev–Trinajstić information content (AvgIpc) is 2.51. The summed E-state index contributed by atoms with van der Waals surface area (Å²) in [6.07, 6.45) is 1.89. The predicted molar refractivity (Wildman–Crippen MR) is 82.3 cm³/mol. The van der Waals surface area contributed by atoms with Crippen LogP contribution in [-0.4, -0.2) is 31.2 Å². The van der Waals surface area contributed by atoms with E-state index in [0.29, 0.717) is 5.15 Å². The largest absolute Gasteiger partial charge is 0.360 e. The van der Waals surface area contributed by atoms with E-state index in [4.69, 9.17) is 11.6 Å². The van der Waals surface area contributed by atoms with E-state index in [1.54, 1.807) is 4.90 Å². The van der Waals surface area contributed by atoms with Crippen molar-refractivity contribution in [2.24, 2.45) is 0 Å². The first kappa shape index (κ1) is 13.4. The first-order chi connectivity index (χ1) is 9.81. The molecule has 20 heavy (non-hydrogen) atoms. The Kier molecular flexibility index (Phi) is 4.19. The molecule has 3 rings (SSSR count). The quantitative estimate of drug-likeness (QED) is 0.867. The number of nitrogens with zero attached hydrogens (tertiary/aromatic N) is 2. The normalized spacial score (nSPS) is 16.4. The SMILES string of the molecule is Clc1ccc(C[NH+]2CCN(c3ccccc3)CC2)cn1. The molecule has 1 fully saturated rings. The average molecular weight is 289 g/mol. The van der Waals surface area contributed by atoms with Gasteiger partial charge in [0.25, 0.3) is 0 Å². The molecule has 0 amide bonds. The van der Waals surface area contributed by atoms with Crippen molar-refractivity contribution in [3.8, 4) is 0 Å². The van der Waals surface area contributed by atoms with E-state index in [2.05, 4.69) is 46.3 Å². The third-order valence-electron chi connectivity index (χ3n) is 3.83. The van der Waals surface area contributed by atoms with E-state index in [-0.39, 0.29) is 0 Å². The van der Waals surface area contributed by atoms with Crippen molar-refractivity contribution in [3.05, 3.63) is 59.4 Å². The van der Waals surface area contributed by atoms with E-state index >= 15 is 0 Å². The van der Waals surface area contributed by atoms with Crippen LogP contribution in [0.5, 0.6) is 0 Å². The summed E-state index contributed by atoms with van der Waals surface area (Å²) in [6.45, 7) is 5.59. The first-order valence-electron chi connectivity index (χ1n) is 7.05. The highest BCUT2D eigenvalue weighted by molar-refractivity contribution is 6.29. The van der Waals surface area contributed by atoms with Crippen LogP contribution in [0, 0.1) is 0 Å². The van der Waals surface area contributed by atoms with Gasteiger partial charge < -0.3 is 9.80 Å². The molecule has 0 radical (unpaired) electrons. The molecule has 2 heterocycles.